The predicted octanol–water partition coefficient (Wildman–Crippen LogP) is 2.66. The van der Waals surface area contributed by atoms with Crippen molar-refractivity contribution in [2.45, 2.75) is 38.1 Å². The van der Waals surface area contributed by atoms with E-state index in [1.807, 2.05) is 6.92 Å². The molecule has 1 aliphatic carbocycles. The molecule has 1 fully saturated rings. The van der Waals surface area contributed by atoms with Crippen molar-refractivity contribution in [3.05, 3.63) is 32.8 Å². The molecule has 6 nitrogen and oxygen atoms in total. The molecule has 0 spiro atoms. The first kappa shape index (κ1) is 15.2. The lowest BCUT2D eigenvalue weighted by atomic mass is 9.88. The van der Waals surface area contributed by atoms with Crippen LogP contribution in [0.1, 0.15) is 19.8 Å². The summed E-state index contributed by atoms with van der Waals surface area (Å²) in [5, 5.41) is 20.5. The Morgan fingerprint density at radius 3 is 2.85 bits per heavy atom. The second kappa shape index (κ2) is 6.51. The number of rotatable bonds is 6. The molecule has 0 amide bonds. The Labute approximate surface area is 125 Å². The summed E-state index contributed by atoms with van der Waals surface area (Å²) in [5.74, 6) is 0.396. The first-order valence-electron chi connectivity index (χ1n) is 6.42. The van der Waals surface area contributed by atoms with Crippen LogP contribution in [0.15, 0.2) is 22.7 Å². The molecule has 0 radical (unpaired) electrons. The van der Waals surface area contributed by atoms with Crippen LogP contribution in [0.4, 0.5) is 5.69 Å². The molecule has 1 aromatic rings. The number of benzene rings is 1. The molecule has 0 aromatic heterocycles. The van der Waals surface area contributed by atoms with Crippen molar-refractivity contribution in [1.82, 2.24) is 0 Å². The molecule has 0 bridgehead atoms. The molecule has 1 aliphatic rings. The molecule has 1 saturated carbocycles. The van der Waals surface area contributed by atoms with Gasteiger partial charge in [-0.1, -0.05) is 22.9 Å². The van der Waals surface area contributed by atoms with Crippen molar-refractivity contribution in [3.8, 4) is 5.75 Å². The first-order valence-corrected chi connectivity index (χ1v) is 7.22. The lowest BCUT2D eigenvalue weighted by molar-refractivity contribution is -0.385. The van der Waals surface area contributed by atoms with E-state index in [9.17, 15) is 15.2 Å². The quantitative estimate of drug-likeness (QED) is 0.633. The minimum atomic E-state index is -0.534. The summed E-state index contributed by atoms with van der Waals surface area (Å²) in [6, 6.07) is 4.44. The second-order valence-corrected chi connectivity index (χ2v) is 5.61. The second-order valence-electron chi connectivity index (χ2n) is 4.70. The van der Waals surface area contributed by atoms with E-state index in [-0.39, 0.29) is 17.9 Å². The van der Waals surface area contributed by atoms with E-state index in [1.165, 1.54) is 12.1 Å². The third-order valence-corrected chi connectivity index (χ3v) is 3.55. The minimum absolute atomic E-state index is 0.0414. The van der Waals surface area contributed by atoms with Gasteiger partial charge in [0.25, 0.3) is 5.69 Å². The van der Waals surface area contributed by atoms with Gasteiger partial charge < -0.3 is 14.6 Å². The van der Waals surface area contributed by atoms with E-state index in [2.05, 4.69) is 15.9 Å². The maximum absolute atomic E-state index is 10.8. The van der Waals surface area contributed by atoms with Crippen LogP contribution in [0.5, 0.6) is 5.75 Å². The van der Waals surface area contributed by atoms with Gasteiger partial charge >= 0.3 is 0 Å². The number of nitrogens with zero attached hydrogens (tertiary/aromatic N) is 1. The summed E-state index contributed by atoms with van der Waals surface area (Å²) in [6.07, 6.45) is 0.152. The topological polar surface area (TPSA) is 81.8 Å². The monoisotopic (exact) mass is 345 g/mol. The maximum atomic E-state index is 10.8. The Morgan fingerprint density at radius 1 is 1.50 bits per heavy atom. The molecule has 110 valence electrons. The largest absolute Gasteiger partial charge is 0.487 e. The van der Waals surface area contributed by atoms with E-state index >= 15 is 0 Å². The molecule has 0 heterocycles. The van der Waals surface area contributed by atoms with Crippen molar-refractivity contribution < 1.29 is 19.5 Å². The Kier molecular flexibility index (Phi) is 4.95. The van der Waals surface area contributed by atoms with E-state index in [0.29, 0.717) is 23.2 Å². The summed E-state index contributed by atoms with van der Waals surface area (Å²) in [7, 11) is 0. The van der Waals surface area contributed by atoms with E-state index < -0.39 is 11.0 Å². The van der Waals surface area contributed by atoms with Crippen LogP contribution in [-0.2, 0) is 4.74 Å². The summed E-state index contributed by atoms with van der Waals surface area (Å²) >= 11 is 3.22. The zero-order valence-electron chi connectivity index (χ0n) is 11.0. The van der Waals surface area contributed by atoms with E-state index in [4.69, 9.17) is 9.47 Å². The van der Waals surface area contributed by atoms with Gasteiger partial charge in [-0.05, 0) is 12.5 Å². The van der Waals surface area contributed by atoms with Gasteiger partial charge in [-0.2, -0.15) is 0 Å². The maximum Gasteiger partial charge on any atom is 0.274 e. The van der Waals surface area contributed by atoms with Gasteiger partial charge in [0, 0.05) is 23.6 Å². The molecule has 0 aliphatic heterocycles. The van der Waals surface area contributed by atoms with Crippen LogP contribution in [0.25, 0.3) is 0 Å². The standard InChI is InChI=1S/C13H16BrNO5/c1-2-3-19-13-11(16)7-12(13)20-10-5-8(14)4-9(6-10)15(17)18/h4-6,11-13,16H,2-3,7H2,1H3. The third kappa shape index (κ3) is 3.47. The highest BCUT2D eigenvalue weighted by molar-refractivity contribution is 9.10. The molecule has 7 heteroatoms. The molecular formula is C13H16BrNO5. The summed E-state index contributed by atoms with van der Waals surface area (Å²) in [4.78, 5) is 10.3. The predicted molar refractivity (Wildman–Crippen MR) is 75.9 cm³/mol. The summed E-state index contributed by atoms with van der Waals surface area (Å²) in [5.41, 5.74) is -0.0414. The van der Waals surface area contributed by atoms with Crippen LogP contribution in [0.3, 0.4) is 0 Å². The van der Waals surface area contributed by atoms with Crippen LogP contribution in [0.2, 0.25) is 0 Å². The molecule has 3 atom stereocenters. The molecule has 0 saturated heterocycles. The van der Waals surface area contributed by atoms with Crippen LogP contribution in [0, 0.1) is 10.1 Å². The smallest absolute Gasteiger partial charge is 0.274 e. The minimum Gasteiger partial charge on any atom is -0.487 e. The first-order chi connectivity index (χ1) is 9.51. The number of ether oxygens (including phenoxy) is 2. The van der Waals surface area contributed by atoms with Gasteiger partial charge in [-0.25, -0.2) is 0 Å². The Hall–Kier alpha value is -1.18. The number of halogens is 1. The lowest BCUT2D eigenvalue weighted by Crippen LogP contribution is -2.55. The van der Waals surface area contributed by atoms with Crippen molar-refractivity contribution in [2.75, 3.05) is 6.61 Å². The average molecular weight is 346 g/mol. The van der Waals surface area contributed by atoms with E-state index in [0.717, 1.165) is 6.42 Å². The zero-order valence-corrected chi connectivity index (χ0v) is 12.6. The van der Waals surface area contributed by atoms with Crippen LogP contribution in [-0.4, -0.2) is 34.9 Å². The zero-order chi connectivity index (χ0) is 14.7. The highest BCUT2D eigenvalue weighted by atomic mass is 79.9. The van der Waals surface area contributed by atoms with Crippen molar-refractivity contribution >= 4 is 21.6 Å². The molecule has 20 heavy (non-hydrogen) atoms. The number of non-ortho nitro benzene ring substituents is 1. The Bertz CT molecular complexity index is 496. The van der Waals surface area contributed by atoms with Gasteiger partial charge in [0.05, 0.1) is 17.1 Å². The van der Waals surface area contributed by atoms with Crippen molar-refractivity contribution in [2.24, 2.45) is 0 Å². The van der Waals surface area contributed by atoms with Gasteiger partial charge in [0.2, 0.25) is 0 Å². The highest BCUT2D eigenvalue weighted by Crippen LogP contribution is 2.32. The van der Waals surface area contributed by atoms with Gasteiger partial charge in [-0.15, -0.1) is 0 Å². The highest BCUT2D eigenvalue weighted by Gasteiger charge is 2.42. The Morgan fingerprint density at radius 2 is 2.25 bits per heavy atom. The average Bonchev–Trinajstić information content (AvgIpc) is 2.37. The van der Waals surface area contributed by atoms with E-state index in [1.54, 1.807) is 6.07 Å². The third-order valence-electron chi connectivity index (χ3n) is 3.09. The lowest BCUT2D eigenvalue weighted by Gasteiger charge is -2.40. The number of hydrogen-bond acceptors (Lipinski definition) is 5. The SMILES string of the molecule is CCCOC1C(O)CC1Oc1cc(Br)cc([N+](=O)[O-])c1. The fraction of sp³-hybridized carbons (Fsp3) is 0.538. The fourth-order valence-corrected chi connectivity index (χ4v) is 2.50. The van der Waals surface area contributed by atoms with Crippen molar-refractivity contribution in [3.63, 3.8) is 0 Å². The van der Waals surface area contributed by atoms with Crippen molar-refractivity contribution in [1.29, 1.82) is 0 Å². The molecular weight excluding hydrogens is 330 g/mol. The molecule has 1 aromatic carbocycles. The number of nitro benzene ring substituents is 1. The Balaban J connectivity index is 2.04. The number of aliphatic hydroxyl groups is 1. The molecule has 2 rings (SSSR count). The number of hydrogen-bond donors (Lipinski definition) is 1. The number of aliphatic hydroxyl groups excluding tert-OH is 1. The van der Waals surface area contributed by atoms with Gasteiger partial charge in [-0.3, -0.25) is 10.1 Å². The summed E-state index contributed by atoms with van der Waals surface area (Å²) < 4.78 is 11.8. The molecule has 3 unspecified atom stereocenters. The summed E-state index contributed by atoms with van der Waals surface area (Å²) in [6.45, 7) is 2.54. The van der Waals surface area contributed by atoms with Gasteiger partial charge in [0.15, 0.2) is 0 Å². The normalized spacial score (nSPS) is 25.1. The van der Waals surface area contributed by atoms with Crippen LogP contribution < -0.4 is 4.74 Å². The number of nitro groups is 1. The fourth-order valence-electron chi connectivity index (χ4n) is 2.04. The van der Waals surface area contributed by atoms with Crippen LogP contribution >= 0.6 is 15.9 Å². The van der Waals surface area contributed by atoms with Gasteiger partial charge in [0.1, 0.15) is 18.0 Å². The molecule has 1 N–H and O–H groups in total.